The lowest BCUT2D eigenvalue weighted by molar-refractivity contribution is 0.417. The van der Waals surface area contributed by atoms with Gasteiger partial charge in [0.25, 0.3) is 0 Å². The third kappa shape index (κ3) is 3.42. The SMILES string of the molecule is CCNCc1c(C)nn(C)c1Oc1ccc(C)nc1CC. The molecule has 0 radical (unpaired) electrons. The summed E-state index contributed by atoms with van der Waals surface area (Å²) < 4.78 is 7.93. The summed E-state index contributed by atoms with van der Waals surface area (Å²) in [5.74, 6) is 1.60. The van der Waals surface area contributed by atoms with Gasteiger partial charge in [-0.05, 0) is 38.9 Å². The lowest BCUT2D eigenvalue weighted by Crippen LogP contribution is -2.13. The highest BCUT2D eigenvalue weighted by atomic mass is 16.5. The van der Waals surface area contributed by atoms with Crippen molar-refractivity contribution in [1.29, 1.82) is 0 Å². The number of pyridine rings is 1. The molecule has 0 aromatic carbocycles. The maximum absolute atomic E-state index is 6.13. The van der Waals surface area contributed by atoms with Gasteiger partial charge in [-0.15, -0.1) is 0 Å². The molecule has 0 aliphatic carbocycles. The van der Waals surface area contributed by atoms with Gasteiger partial charge < -0.3 is 10.1 Å². The van der Waals surface area contributed by atoms with Crippen LogP contribution in [0.25, 0.3) is 0 Å². The average Bonchev–Trinajstić information content (AvgIpc) is 2.72. The Morgan fingerprint density at radius 2 is 2.00 bits per heavy atom. The van der Waals surface area contributed by atoms with Gasteiger partial charge in [-0.25, -0.2) is 4.68 Å². The average molecular weight is 288 g/mol. The quantitative estimate of drug-likeness (QED) is 0.888. The zero-order chi connectivity index (χ0) is 15.4. The lowest BCUT2D eigenvalue weighted by atomic mass is 10.2. The summed E-state index contributed by atoms with van der Waals surface area (Å²) in [4.78, 5) is 4.55. The third-order valence-electron chi connectivity index (χ3n) is 3.45. The highest BCUT2D eigenvalue weighted by Crippen LogP contribution is 2.29. The van der Waals surface area contributed by atoms with Crippen LogP contribution in [0, 0.1) is 13.8 Å². The van der Waals surface area contributed by atoms with Crippen molar-refractivity contribution >= 4 is 0 Å². The fraction of sp³-hybridized carbons (Fsp3) is 0.500. The Morgan fingerprint density at radius 1 is 1.24 bits per heavy atom. The molecule has 0 saturated heterocycles. The fourth-order valence-electron chi connectivity index (χ4n) is 2.31. The van der Waals surface area contributed by atoms with Gasteiger partial charge in [0.2, 0.25) is 5.88 Å². The maximum atomic E-state index is 6.13. The van der Waals surface area contributed by atoms with Gasteiger partial charge in [-0.3, -0.25) is 4.98 Å². The molecule has 2 aromatic rings. The molecule has 0 spiro atoms. The molecule has 0 unspecified atom stereocenters. The van der Waals surface area contributed by atoms with E-state index >= 15 is 0 Å². The van der Waals surface area contributed by atoms with E-state index in [0.29, 0.717) is 0 Å². The topological polar surface area (TPSA) is 52.0 Å². The number of rotatable bonds is 6. The molecule has 2 heterocycles. The van der Waals surface area contributed by atoms with Gasteiger partial charge in [-0.2, -0.15) is 5.10 Å². The summed E-state index contributed by atoms with van der Waals surface area (Å²) >= 11 is 0. The summed E-state index contributed by atoms with van der Waals surface area (Å²) in [6, 6.07) is 3.96. The van der Waals surface area contributed by atoms with Crippen LogP contribution in [0.15, 0.2) is 12.1 Å². The first-order chi connectivity index (χ1) is 10.1. The van der Waals surface area contributed by atoms with Gasteiger partial charge in [0, 0.05) is 19.3 Å². The smallest absolute Gasteiger partial charge is 0.222 e. The van der Waals surface area contributed by atoms with E-state index in [1.807, 2.05) is 33.0 Å². The molecule has 0 aliphatic heterocycles. The van der Waals surface area contributed by atoms with Crippen molar-refractivity contribution in [2.75, 3.05) is 6.54 Å². The normalized spacial score (nSPS) is 10.9. The van der Waals surface area contributed by atoms with Crippen LogP contribution in [0.2, 0.25) is 0 Å². The molecule has 0 bridgehead atoms. The van der Waals surface area contributed by atoms with Gasteiger partial charge in [0.15, 0.2) is 5.75 Å². The molecule has 5 heteroatoms. The monoisotopic (exact) mass is 288 g/mol. The van der Waals surface area contributed by atoms with E-state index in [9.17, 15) is 0 Å². The van der Waals surface area contributed by atoms with Crippen molar-refractivity contribution in [2.45, 2.75) is 40.7 Å². The van der Waals surface area contributed by atoms with E-state index in [1.54, 1.807) is 4.68 Å². The molecule has 1 N–H and O–H groups in total. The first-order valence-electron chi connectivity index (χ1n) is 7.44. The van der Waals surface area contributed by atoms with Gasteiger partial charge in [0.1, 0.15) is 0 Å². The molecule has 0 aliphatic rings. The van der Waals surface area contributed by atoms with E-state index in [0.717, 1.165) is 53.8 Å². The number of aryl methyl sites for hydroxylation is 4. The second-order valence-corrected chi connectivity index (χ2v) is 5.13. The van der Waals surface area contributed by atoms with Crippen molar-refractivity contribution in [3.63, 3.8) is 0 Å². The molecule has 5 nitrogen and oxygen atoms in total. The molecule has 2 rings (SSSR count). The Labute approximate surface area is 126 Å². The van der Waals surface area contributed by atoms with Crippen molar-refractivity contribution in [3.8, 4) is 11.6 Å². The minimum atomic E-state index is 0.756. The maximum Gasteiger partial charge on any atom is 0.222 e. The lowest BCUT2D eigenvalue weighted by Gasteiger charge is -2.12. The largest absolute Gasteiger partial charge is 0.437 e. The number of hydrogen-bond donors (Lipinski definition) is 1. The number of hydrogen-bond acceptors (Lipinski definition) is 4. The fourth-order valence-corrected chi connectivity index (χ4v) is 2.31. The Hall–Kier alpha value is -1.88. The van der Waals surface area contributed by atoms with Crippen LogP contribution >= 0.6 is 0 Å². The van der Waals surface area contributed by atoms with Crippen molar-refractivity contribution < 1.29 is 4.74 Å². The molecular formula is C16H24N4O. The molecular weight excluding hydrogens is 264 g/mol. The summed E-state index contributed by atoms with van der Waals surface area (Å²) in [7, 11) is 1.91. The molecule has 0 amide bonds. The summed E-state index contributed by atoms with van der Waals surface area (Å²) in [5, 5.41) is 7.80. The summed E-state index contributed by atoms with van der Waals surface area (Å²) in [6.07, 6.45) is 0.844. The molecule has 0 fully saturated rings. The van der Waals surface area contributed by atoms with Crippen LogP contribution in [0.1, 0.15) is 36.5 Å². The first-order valence-corrected chi connectivity index (χ1v) is 7.44. The van der Waals surface area contributed by atoms with Crippen LogP contribution in [-0.2, 0) is 20.0 Å². The summed E-state index contributed by atoms with van der Waals surface area (Å²) in [6.45, 7) is 9.85. The minimum Gasteiger partial charge on any atom is -0.437 e. The highest BCUT2D eigenvalue weighted by molar-refractivity contribution is 5.38. The Bertz CT molecular complexity index is 619. The van der Waals surface area contributed by atoms with Crippen LogP contribution in [0.4, 0.5) is 0 Å². The zero-order valence-electron chi connectivity index (χ0n) is 13.5. The van der Waals surface area contributed by atoms with E-state index < -0.39 is 0 Å². The number of nitrogens with one attached hydrogen (secondary N) is 1. The van der Waals surface area contributed by atoms with E-state index in [2.05, 4.69) is 29.2 Å². The van der Waals surface area contributed by atoms with E-state index in [1.165, 1.54) is 0 Å². The second-order valence-electron chi connectivity index (χ2n) is 5.13. The standard InChI is InChI=1S/C16H24N4O/c1-6-14-15(9-8-11(3)18-14)21-16-13(10-17-7-2)12(4)19-20(16)5/h8-9,17H,6-7,10H2,1-5H3. The predicted molar refractivity (Wildman–Crippen MR) is 83.8 cm³/mol. The van der Waals surface area contributed by atoms with E-state index in [-0.39, 0.29) is 0 Å². The van der Waals surface area contributed by atoms with Gasteiger partial charge in [-0.1, -0.05) is 13.8 Å². The number of nitrogens with zero attached hydrogens (tertiary/aromatic N) is 3. The Balaban J connectivity index is 2.35. The second kappa shape index (κ2) is 6.72. The number of aromatic nitrogens is 3. The van der Waals surface area contributed by atoms with E-state index in [4.69, 9.17) is 4.74 Å². The van der Waals surface area contributed by atoms with Crippen molar-refractivity contribution in [1.82, 2.24) is 20.1 Å². The summed E-state index contributed by atoms with van der Waals surface area (Å²) in [5.41, 5.74) is 4.07. The minimum absolute atomic E-state index is 0.756. The van der Waals surface area contributed by atoms with Crippen LogP contribution in [0.5, 0.6) is 11.6 Å². The van der Waals surface area contributed by atoms with Gasteiger partial charge in [0.05, 0.1) is 17.0 Å². The molecule has 2 aromatic heterocycles. The third-order valence-corrected chi connectivity index (χ3v) is 3.45. The first kappa shape index (κ1) is 15.5. The number of ether oxygens (including phenoxy) is 1. The molecule has 0 atom stereocenters. The highest BCUT2D eigenvalue weighted by Gasteiger charge is 2.16. The van der Waals surface area contributed by atoms with Gasteiger partial charge >= 0.3 is 0 Å². The molecule has 21 heavy (non-hydrogen) atoms. The van der Waals surface area contributed by atoms with Crippen molar-refractivity contribution in [2.24, 2.45) is 7.05 Å². The predicted octanol–water partition coefficient (Wildman–Crippen LogP) is 2.90. The van der Waals surface area contributed by atoms with Crippen molar-refractivity contribution in [3.05, 3.63) is 34.8 Å². The Morgan fingerprint density at radius 3 is 2.67 bits per heavy atom. The zero-order valence-corrected chi connectivity index (χ0v) is 13.5. The Kier molecular flexibility index (Phi) is 4.96. The molecule has 0 saturated carbocycles. The van der Waals surface area contributed by atoms with Crippen LogP contribution in [-0.4, -0.2) is 21.3 Å². The van der Waals surface area contributed by atoms with Crippen LogP contribution in [0.3, 0.4) is 0 Å². The van der Waals surface area contributed by atoms with Crippen LogP contribution < -0.4 is 10.1 Å². The molecule has 114 valence electrons.